The molecule has 1 aliphatic rings. The summed E-state index contributed by atoms with van der Waals surface area (Å²) < 4.78 is 27.7. The maximum atomic E-state index is 13.3. The predicted molar refractivity (Wildman–Crippen MR) is 104 cm³/mol. The Morgan fingerprint density at radius 3 is 2.58 bits per heavy atom. The number of hydrogen-bond donors (Lipinski definition) is 1. The third-order valence-electron chi connectivity index (χ3n) is 4.66. The molecule has 4 rings (SSSR count). The predicted octanol–water partition coefficient (Wildman–Crippen LogP) is 2.64. The van der Waals surface area contributed by atoms with E-state index < -0.39 is 10.0 Å². The van der Waals surface area contributed by atoms with E-state index in [0.717, 1.165) is 31.9 Å². The summed E-state index contributed by atoms with van der Waals surface area (Å²) in [6.07, 6.45) is 1.37. The average Bonchev–Trinajstić information content (AvgIpc) is 3.07. The minimum absolute atomic E-state index is 0.119. The van der Waals surface area contributed by atoms with E-state index in [1.807, 2.05) is 12.1 Å². The topological polar surface area (TPSA) is 67.2 Å². The van der Waals surface area contributed by atoms with E-state index in [-0.39, 0.29) is 9.92 Å². The molecule has 0 bridgehead atoms. The third-order valence-corrected chi connectivity index (χ3v) is 6.95. The van der Waals surface area contributed by atoms with Gasteiger partial charge in [-0.2, -0.15) is 0 Å². The molecule has 0 saturated carbocycles. The van der Waals surface area contributed by atoms with Gasteiger partial charge in [0, 0.05) is 26.2 Å². The summed E-state index contributed by atoms with van der Waals surface area (Å²) in [7, 11) is -3.84. The van der Waals surface area contributed by atoms with Crippen molar-refractivity contribution in [2.45, 2.75) is 11.8 Å². The van der Waals surface area contributed by atoms with Gasteiger partial charge in [-0.25, -0.2) is 17.4 Å². The normalized spacial score (nSPS) is 15.5. The first-order valence-corrected chi connectivity index (χ1v) is 10.2. The van der Waals surface area contributed by atoms with Crippen molar-refractivity contribution in [3.8, 4) is 0 Å². The van der Waals surface area contributed by atoms with Crippen LogP contribution in [0.3, 0.4) is 0 Å². The second-order valence-corrected chi connectivity index (χ2v) is 8.47. The first-order chi connectivity index (χ1) is 12.5. The molecule has 2 heterocycles. The molecule has 6 nitrogen and oxygen atoms in total. The van der Waals surface area contributed by atoms with Crippen LogP contribution in [-0.4, -0.2) is 43.6 Å². The fraction of sp³-hybridized carbons (Fsp3) is 0.278. The van der Waals surface area contributed by atoms with Crippen LogP contribution in [0.2, 0.25) is 5.02 Å². The molecular weight excluding hydrogens is 372 g/mol. The van der Waals surface area contributed by atoms with Crippen molar-refractivity contribution in [1.82, 2.24) is 14.3 Å². The van der Waals surface area contributed by atoms with Crippen molar-refractivity contribution in [1.29, 1.82) is 0 Å². The zero-order valence-electron chi connectivity index (χ0n) is 14.3. The van der Waals surface area contributed by atoms with Gasteiger partial charge in [0.25, 0.3) is 10.0 Å². The van der Waals surface area contributed by atoms with Crippen LogP contribution < -0.4 is 10.2 Å². The second kappa shape index (κ2) is 6.57. The van der Waals surface area contributed by atoms with E-state index in [0.29, 0.717) is 16.6 Å². The molecule has 1 fully saturated rings. The monoisotopic (exact) mass is 390 g/mol. The zero-order valence-corrected chi connectivity index (χ0v) is 15.9. The number of halogens is 1. The smallest absolute Gasteiger partial charge is 0.271 e. The zero-order chi connectivity index (χ0) is 18.3. The SMILES string of the molecule is Cc1cccc(Cl)c1S(=O)(=O)n1cnc2c(N3CCNCC3)cccc21. The largest absolute Gasteiger partial charge is 0.367 e. The molecule has 1 N–H and O–H groups in total. The number of fused-ring (bicyclic) bond motifs is 1. The number of hydrogen-bond acceptors (Lipinski definition) is 5. The molecule has 1 saturated heterocycles. The van der Waals surface area contributed by atoms with Crippen LogP contribution >= 0.6 is 11.6 Å². The Morgan fingerprint density at radius 1 is 1.12 bits per heavy atom. The van der Waals surface area contributed by atoms with Crippen LogP contribution in [0.5, 0.6) is 0 Å². The van der Waals surface area contributed by atoms with Crippen molar-refractivity contribution in [3.05, 3.63) is 53.3 Å². The minimum atomic E-state index is -3.84. The maximum absolute atomic E-state index is 13.3. The number of imidazole rings is 1. The number of benzene rings is 2. The van der Waals surface area contributed by atoms with Crippen molar-refractivity contribution < 1.29 is 8.42 Å². The summed E-state index contributed by atoms with van der Waals surface area (Å²) >= 11 is 6.21. The molecule has 8 heteroatoms. The minimum Gasteiger partial charge on any atom is -0.367 e. The van der Waals surface area contributed by atoms with Crippen LogP contribution in [0.1, 0.15) is 5.56 Å². The van der Waals surface area contributed by atoms with Gasteiger partial charge in [0.05, 0.1) is 16.2 Å². The molecule has 1 aliphatic heterocycles. The maximum Gasteiger partial charge on any atom is 0.271 e. The van der Waals surface area contributed by atoms with Crippen LogP contribution in [-0.2, 0) is 10.0 Å². The highest BCUT2D eigenvalue weighted by atomic mass is 35.5. The Morgan fingerprint density at radius 2 is 1.85 bits per heavy atom. The lowest BCUT2D eigenvalue weighted by molar-refractivity contribution is 0.588. The average molecular weight is 391 g/mol. The number of piperazine rings is 1. The molecule has 2 aromatic carbocycles. The number of nitrogens with one attached hydrogen (secondary N) is 1. The second-order valence-electron chi connectivity index (χ2n) is 6.31. The highest BCUT2D eigenvalue weighted by Crippen LogP contribution is 2.31. The standard InChI is InChI=1S/C18H19ClN4O2S/c1-13-4-2-5-14(19)18(13)26(24,25)23-12-21-17-15(6-3-7-16(17)23)22-10-8-20-9-11-22/h2-7,12,20H,8-11H2,1H3. The lowest BCUT2D eigenvalue weighted by atomic mass is 10.2. The van der Waals surface area contributed by atoms with Crippen LogP contribution in [0.15, 0.2) is 47.6 Å². The van der Waals surface area contributed by atoms with E-state index >= 15 is 0 Å². The molecule has 1 aromatic heterocycles. The van der Waals surface area contributed by atoms with Gasteiger partial charge in [-0.15, -0.1) is 0 Å². The van der Waals surface area contributed by atoms with Crippen LogP contribution in [0, 0.1) is 6.92 Å². The lowest BCUT2D eigenvalue weighted by Crippen LogP contribution is -2.43. The molecule has 3 aromatic rings. The van der Waals surface area contributed by atoms with Gasteiger partial charge in [0.1, 0.15) is 16.7 Å². The van der Waals surface area contributed by atoms with E-state index in [4.69, 9.17) is 11.6 Å². The Bertz CT molecular complexity index is 1050. The lowest BCUT2D eigenvalue weighted by Gasteiger charge is -2.29. The fourth-order valence-corrected chi connectivity index (χ4v) is 5.47. The summed E-state index contributed by atoms with van der Waals surface area (Å²) in [6.45, 7) is 5.26. The first kappa shape index (κ1) is 17.3. The summed E-state index contributed by atoms with van der Waals surface area (Å²) in [5.41, 5.74) is 2.80. The van der Waals surface area contributed by atoms with E-state index in [9.17, 15) is 8.42 Å². The molecule has 136 valence electrons. The molecule has 0 aliphatic carbocycles. The Hall–Kier alpha value is -2.09. The number of aryl methyl sites for hydroxylation is 1. The Labute approximate surface area is 157 Å². The number of para-hydroxylation sites is 1. The number of anilines is 1. The number of rotatable bonds is 3. The molecule has 0 atom stereocenters. The molecular formula is C18H19ClN4O2S. The number of aromatic nitrogens is 2. The highest BCUT2D eigenvalue weighted by Gasteiger charge is 2.26. The highest BCUT2D eigenvalue weighted by molar-refractivity contribution is 7.90. The van der Waals surface area contributed by atoms with Crippen molar-refractivity contribution >= 4 is 38.3 Å². The van der Waals surface area contributed by atoms with Crippen molar-refractivity contribution in [2.24, 2.45) is 0 Å². The van der Waals surface area contributed by atoms with Gasteiger partial charge < -0.3 is 10.2 Å². The molecule has 0 radical (unpaired) electrons. The van der Waals surface area contributed by atoms with E-state index in [1.165, 1.54) is 10.3 Å². The van der Waals surface area contributed by atoms with Gasteiger partial charge >= 0.3 is 0 Å². The molecule has 0 unspecified atom stereocenters. The van der Waals surface area contributed by atoms with E-state index in [2.05, 4.69) is 15.2 Å². The van der Waals surface area contributed by atoms with Gasteiger partial charge in [-0.3, -0.25) is 0 Å². The van der Waals surface area contributed by atoms with Crippen molar-refractivity contribution in [2.75, 3.05) is 31.1 Å². The van der Waals surface area contributed by atoms with Gasteiger partial charge in [-0.05, 0) is 30.7 Å². The summed E-state index contributed by atoms with van der Waals surface area (Å²) in [5.74, 6) is 0. The molecule has 26 heavy (non-hydrogen) atoms. The first-order valence-electron chi connectivity index (χ1n) is 8.42. The third kappa shape index (κ3) is 2.76. The Balaban J connectivity index is 1.88. The molecule has 0 spiro atoms. The quantitative estimate of drug-likeness (QED) is 0.744. The van der Waals surface area contributed by atoms with Gasteiger partial charge in [-0.1, -0.05) is 29.8 Å². The molecule has 0 amide bonds. The van der Waals surface area contributed by atoms with Gasteiger partial charge in [0.15, 0.2) is 0 Å². The fourth-order valence-electron chi connectivity index (χ4n) is 3.40. The summed E-state index contributed by atoms with van der Waals surface area (Å²) in [4.78, 5) is 6.77. The van der Waals surface area contributed by atoms with Crippen LogP contribution in [0.4, 0.5) is 5.69 Å². The summed E-state index contributed by atoms with van der Waals surface area (Å²) in [5, 5.41) is 3.53. The van der Waals surface area contributed by atoms with Crippen molar-refractivity contribution in [3.63, 3.8) is 0 Å². The van der Waals surface area contributed by atoms with Crippen LogP contribution in [0.25, 0.3) is 11.0 Å². The Kier molecular flexibility index (Phi) is 4.38. The van der Waals surface area contributed by atoms with Gasteiger partial charge in [0.2, 0.25) is 0 Å². The summed E-state index contributed by atoms with van der Waals surface area (Å²) in [6, 6.07) is 10.7. The number of nitrogens with zero attached hydrogens (tertiary/aromatic N) is 3. The van der Waals surface area contributed by atoms with E-state index in [1.54, 1.807) is 31.2 Å².